The van der Waals surface area contributed by atoms with E-state index in [2.05, 4.69) is 39.0 Å². The van der Waals surface area contributed by atoms with Crippen LogP contribution in [0.15, 0.2) is 53.1 Å². The zero-order valence-corrected chi connectivity index (χ0v) is 13.0. The molecule has 21 heavy (non-hydrogen) atoms. The summed E-state index contributed by atoms with van der Waals surface area (Å²) < 4.78 is 11.3. The Morgan fingerprint density at radius 1 is 1.14 bits per heavy atom. The van der Waals surface area contributed by atoms with Crippen LogP contribution < -0.4 is 4.74 Å². The summed E-state index contributed by atoms with van der Waals surface area (Å²) in [4.78, 5) is 4.73. The third kappa shape index (κ3) is 2.60. The van der Waals surface area contributed by atoms with Gasteiger partial charge >= 0.3 is 0 Å². The highest BCUT2D eigenvalue weighted by molar-refractivity contribution is 5.96. The standard InChI is InChI=1S/C18H21NO2/c1-18(2,3)14-6-5-7-15-16(14)21-17(19-15)12-8-10-13(20-4)11-9-12/h5-11,15-16H,1-4H3. The number of hydrogen-bond donors (Lipinski definition) is 0. The molecular formula is C18H21NO2. The van der Waals surface area contributed by atoms with Crippen LogP contribution in [0.4, 0.5) is 0 Å². The number of fused-ring (bicyclic) bond motifs is 1. The average Bonchev–Trinajstić information content (AvgIpc) is 2.90. The second-order valence-corrected chi connectivity index (χ2v) is 6.45. The minimum Gasteiger partial charge on any atom is -0.497 e. The molecule has 2 unspecified atom stereocenters. The number of methoxy groups -OCH3 is 1. The molecule has 0 amide bonds. The van der Waals surface area contributed by atoms with Gasteiger partial charge in [-0.15, -0.1) is 0 Å². The number of rotatable bonds is 2. The van der Waals surface area contributed by atoms with Gasteiger partial charge in [-0.05, 0) is 35.3 Å². The first-order valence-electron chi connectivity index (χ1n) is 7.27. The Morgan fingerprint density at radius 2 is 1.86 bits per heavy atom. The Hall–Kier alpha value is -2.03. The van der Waals surface area contributed by atoms with Gasteiger partial charge in [-0.1, -0.05) is 39.0 Å². The Bertz CT molecular complexity index is 618. The third-order valence-electron chi connectivity index (χ3n) is 3.91. The van der Waals surface area contributed by atoms with Crippen molar-refractivity contribution in [1.29, 1.82) is 0 Å². The van der Waals surface area contributed by atoms with Crippen molar-refractivity contribution in [3.63, 3.8) is 0 Å². The van der Waals surface area contributed by atoms with Gasteiger partial charge in [0.25, 0.3) is 0 Å². The van der Waals surface area contributed by atoms with E-state index in [1.165, 1.54) is 5.57 Å². The number of hydrogen-bond acceptors (Lipinski definition) is 3. The molecule has 1 aromatic rings. The van der Waals surface area contributed by atoms with Crippen molar-refractivity contribution in [3.05, 3.63) is 53.6 Å². The normalized spacial score (nSPS) is 24.0. The molecule has 3 nitrogen and oxygen atoms in total. The van der Waals surface area contributed by atoms with Crippen molar-refractivity contribution in [2.75, 3.05) is 7.11 Å². The highest BCUT2D eigenvalue weighted by atomic mass is 16.5. The summed E-state index contributed by atoms with van der Waals surface area (Å²) in [6.45, 7) is 6.64. The molecule has 110 valence electrons. The van der Waals surface area contributed by atoms with Crippen molar-refractivity contribution >= 4 is 5.90 Å². The molecule has 3 heteroatoms. The maximum absolute atomic E-state index is 6.15. The minimum atomic E-state index is 0.0205. The number of allylic oxidation sites excluding steroid dienone is 2. The van der Waals surface area contributed by atoms with E-state index < -0.39 is 0 Å². The van der Waals surface area contributed by atoms with E-state index in [1.807, 2.05) is 24.3 Å². The van der Waals surface area contributed by atoms with Crippen molar-refractivity contribution in [3.8, 4) is 5.75 Å². The Balaban J connectivity index is 1.86. The van der Waals surface area contributed by atoms with Gasteiger partial charge in [0.05, 0.1) is 7.11 Å². The van der Waals surface area contributed by atoms with Crippen molar-refractivity contribution < 1.29 is 9.47 Å². The molecule has 0 spiro atoms. The van der Waals surface area contributed by atoms with Crippen molar-refractivity contribution in [2.24, 2.45) is 10.4 Å². The van der Waals surface area contributed by atoms with Crippen LogP contribution in [-0.4, -0.2) is 25.2 Å². The maximum Gasteiger partial charge on any atom is 0.217 e. The number of benzene rings is 1. The maximum atomic E-state index is 6.15. The van der Waals surface area contributed by atoms with E-state index in [-0.39, 0.29) is 17.6 Å². The molecule has 1 aliphatic carbocycles. The molecule has 0 saturated heterocycles. The molecule has 2 atom stereocenters. The summed E-state index contributed by atoms with van der Waals surface area (Å²) in [5.41, 5.74) is 2.37. The second kappa shape index (κ2) is 5.06. The van der Waals surface area contributed by atoms with Crippen LogP contribution in [0.1, 0.15) is 26.3 Å². The van der Waals surface area contributed by atoms with Crippen LogP contribution in [0.5, 0.6) is 5.75 Å². The molecular weight excluding hydrogens is 262 g/mol. The van der Waals surface area contributed by atoms with E-state index in [0.29, 0.717) is 5.90 Å². The monoisotopic (exact) mass is 283 g/mol. The summed E-state index contributed by atoms with van der Waals surface area (Å²) in [7, 11) is 1.67. The highest BCUT2D eigenvalue weighted by Gasteiger charge is 2.38. The molecule has 0 bridgehead atoms. The summed E-state index contributed by atoms with van der Waals surface area (Å²) in [6.07, 6.45) is 6.38. The Labute approximate surface area is 126 Å². The van der Waals surface area contributed by atoms with Crippen molar-refractivity contribution in [2.45, 2.75) is 32.9 Å². The van der Waals surface area contributed by atoms with Crippen molar-refractivity contribution in [1.82, 2.24) is 0 Å². The lowest BCUT2D eigenvalue weighted by Gasteiger charge is -2.31. The summed E-state index contributed by atoms with van der Waals surface area (Å²) in [5, 5.41) is 0. The van der Waals surface area contributed by atoms with E-state index in [1.54, 1.807) is 7.11 Å². The summed E-state index contributed by atoms with van der Waals surface area (Å²) in [5.74, 6) is 1.55. The largest absolute Gasteiger partial charge is 0.497 e. The summed E-state index contributed by atoms with van der Waals surface area (Å²) in [6, 6.07) is 7.92. The summed E-state index contributed by atoms with van der Waals surface area (Å²) >= 11 is 0. The Morgan fingerprint density at radius 3 is 2.48 bits per heavy atom. The van der Waals surface area contributed by atoms with Gasteiger partial charge in [0.1, 0.15) is 17.9 Å². The lowest BCUT2D eigenvalue weighted by atomic mass is 9.79. The van der Waals surface area contributed by atoms with Crippen LogP contribution in [0.3, 0.4) is 0 Å². The van der Waals surface area contributed by atoms with Crippen LogP contribution in [0, 0.1) is 5.41 Å². The molecule has 0 saturated carbocycles. The molecule has 0 fully saturated rings. The van der Waals surface area contributed by atoms with Gasteiger partial charge in [-0.2, -0.15) is 0 Å². The molecule has 0 N–H and O–H groups in total. The van der Waals surface area contributed by atoms with Gasteiger partial charge in [-0.3, -0.25) is 0 Å². The number of ether oxygens (including phenoxy) is 2. The first-order chi connectivity index (χ1) is 9.99. The fourth-order valence-electron chi connectivity index (χ4n) is 2.74. The van der Waals surface area contributed by atoms with E-state index >= 15 is 0 Å². The highest BCUT2D eigenvalue weighted by Crippen LogP contribution is 2.37. The third-order valence-corrected chi connectivity index (χ3v) is 3.91. The van der Waals surface area contributed by atoms with E-state index in [0.717, 1.165) is 11.3 Å². The quantitative estimate of drug-likeness (QED) is 0.827. The van der Waals surface area contributed by atoms with Crippen LogP contribution in [0.25, 0.3) is 0 Å². The first kappa shape index (κ1) is 13.9. The SMILES string of the molecule is COc1ccc(C2=NC3C=CC=C(C(C)(C)C)C3O2)cc1. The van der Waals surface area contributed by atoms with Gasteiger partial charge in [0.2, 0.25) is 5.90 Å². The molecule has 3 rings (SSSR count). The minimum absolute atomic E-state index is 0.0205. The zero-order chi connectivity index (χ0) is 15.0. The zero-order valence-electron chi connectivity index (χ0n) is 13.0. The molecule has 2 aliphatic rings. The van der Waals surface area contributed by atoms with Crippen LogP contribution in [0.2, 0.25) is 0 Å². The fourth-order valence-corrected chi connectivity index (χ4v) is 2.74. The number of aliphatic imine (C=N–C) groups is 1. The topological polar surface area (TPSA) is 30.8 Å². The molecule has 0 aromatic heterocycles. The van der Waals surface area contributed by atoms with Gasteiger partial charge in [0, 0.05) is 5.56 Å². The van der Waals surface area contributed by atoms with Crippen LogP contribution >= 0.6 is 0 Å². The van der Waals surface area contributed by atoms with Gasteiger partial charge in [-0.25, -0.2) is 4.99 Å². The molecule has 1 aliphatic heterocycles. The van der Waals surface area contributed by atoms with E-state index in [9.17, 15) is 0 Å². The molecule has 1 heterocycles. The van der Waals surface area contributed by atoms with E-state index in [4.69, 9.17) is 14.5 Å². The fraction of sp³-hybridized carbons (Fsp3) is 0.389. The molecule has 1 aromatic carbocycles. The van der Waals surface area contributed by atoms with Gasteiger partial charge in [0.15, 0.2) is 0 Å². The Kier molecular flexibility index (Phi) is 3.36. The smallest absolute Gasteiger partial charge is 0.217 e. The average molecular weight is 283 g/mol. The van der Waals surface area contributed by atoms with Crippen LogP contribution in [-0.2, 0) is 4.74 Å². The lowest BCUT2D eigenvalue weighted by Crippen LogP contribution is -2.31. The lowest BCUT2D eigenvalue weighted by molar-refractivity contribution is 0.212. The predicted octanol–water partition coefficient (Wildman–Crippen LogP) is 3.75. The molecule has 0 radical (unpaired) electrons. The predicted molar refractivity (Wildman–Crippen MR) is 84.9 cm³/mol. The van der Waals surface area contributed by atoms with Gasteiger partial charge < -0.3 is 9.47 Å². The number of nitrogens with zero attached hydrogens (tertiary/aromatic N) is 1. The second-order valence-electron chi connectivity index (χ2n) is 6.45. The first-order valence-corrected chi connectivity index (χ1v) is 7.27.